The average Bonchev–Trinajstić information content (AvgIpc) is 3.64. The molecule has 3 fully saturated rings. The minimum absolute atomic E-state index is 0.195. The topological polar surface area (TPSA) is 118 Å². The highest BCUT2D eigenvalue weighted by Crippen LogP contribution is 2.54. The van der Waals surface area contributed by atoms with Gasteiger partial charge >= 0.3 is 12.0 Å². The van der Waals surface area contributed by atoms with Gasteiger partial charge < -0.3 is 19.1 Å². The van der Waals surface area contributed by atoms with E-state index in [9.17, 15) is 9.90 Å². The van der Waals surface area contributed by atoms with Crippen molar-refractivity contribution in [2.45, 2.75) is 32.6 Å². The second-order valence-corrected chi connectivity index (χ2v) is 10.7. The van der Waals surface area contributed by atoms with Crippen LogP contribution in [0.3, 0.4) is 0 Å². The van der Waals surface area contributed by atoms with Gasteiger partial charge in [0.05, 0.1) is 5.56 Å². The van der Waals surface area contributed by atoms with Crippen LogP contribution >= 0.6 is 0 Å². The molecule has 2 atom stereocenters. The summed E-state index contributed by atoms with van der Waals surface area (Å²) in [4.78, 5) is 22.3. The summed E-state index contributed by atoms with van der Waals surface area (Å²) in [6.07, 6.45) is 10.6. The van der Waals surface area contributed by atoms with Crippen LogP contribution < -0.4 is 4.90 Å². The highest BCUT2D eigenvalue weighted by molar-refractivity contribution is 5.89. The molecular formula is C29H27N5O4. The molecule has 0 amide bonds. The molecule has 1 aromatic carbocycles. The van der Waals surface area contributed by atoms with Crippen LogP contribution in [0.5, 0.6) is 0 Å². The first kappa shape index (κ1) is 22.9. The maximum Gasteiger partial charge on any atom is 0.335 e. The van der Waals surface area contributed by atoms with E-state index in [0.29, 0.717) is 41.1 Å². The molecule has 7 rings (SSSR count). The van der Waals surface area contributed by atoms with Gasteiger partial charge in [0.1, 0.15) is 11.5 Å². The molecule has 4 aromatic rings. The van der Waals surface area contributed by atoms with Crippen molar-refractivity contribution in [1.29, 1.82) is 0 Å². The number of piperidine rings is 1. The number of hydrogen-bond acceptors (Lipinski definition) is 8. The monoisotopic (exact) mass is 509 g/mol. The van der Waals surface area contributed by atoms with Gasteiger partial charge in [-0.3, -0.25) is 4.98 Å². The predicted octanol–water partition coefficient (Wildman–Crippen LogP) is 5.37. The third-order valence-corrected chi connectivity index (χ3v) is 8.06. The lowest BCUT2D eigenvalue weighted by Crippen LogP contribution is -2.23. The Labute approximate surface area is 219 Å². The zero-order valence-electron chi connectivity index (χ0n) is 21.2. The standard InChI is InChI=1S/C29H27N5O4/c1-15-11-30-12-16(2)24(15)25-21(26(37-32-25)17-6-7-17)9-8-20-22-13-34(14-23(20)22)29-31-27(33-38-29)18-4-3-5-19(10-18)28(35)36/h3-5,8-12,17,20,22-23H,6-7,13-14H2,1-2H3,(H,35,36)/b9-8+. The summed E-state index contributed by atoms with van der Waals surface area (Å²) < 4.78 is 11.4. The zero-order valence-corrected chi connectivity index (χ0v) is 21.2. The first-order chi connectivity index (χ1) is 18.5. The molecule has 3 aliphatic rings. The lowest BCUT2D eigenvalue weighted by Gasteiger charge is -2.15. The summed E-state index contributed by atoms with van der Waals surface area (Å²) in [5, 5.41) is 17.9. The lowest BCUT2D eigenvalue weighted by atomic mass is 9.97. The van der Waals surface area contributed by atoms with E-state index in [1.165, 1.54) is 0 Å². The Morgan fingerprint density at radius 1 is 1.08 bits per heavy atom. The molecule has 38 heavy (non-hydrogen) atoms. The molecule has 2 unspecified atom stereocenters. The molecule has 3 aromatic heterocycles. The summed E-state index contributed by atoms with van der Waals surface area (Å²) in [6.45, 7) is 5.84. The second kappa shape index (κ2) is 8.65. The van der Waals surface area contributed by atoms with E-state index in [-0.39, 0.29) is 5.56 Å². The number of fused-ring (bicyclic) bond motifs is 1. The van der Waals surface area contributed by atoms with E-state index in [0.717, 1.165) is 59.6 Å². The Kier molecular flexibility index (Phi) is 5.21. The average molecular weight is 510 g/mol. The first-order valence-corrected chi connectivity index (χ1v) is 13.0. The van der Waals surface area contributed by atoms with Gasteiger partial charge in [0.25, 0.3) is 0 Å². The fraction of sp³-hybridized carbons (Fsp3) is 0.345. The lowest BCUT2D eigenvalue weighted by molar-refractivity contribution is 0.0697. The smallest absolute Gasteiger partial charge is 0.335 e. The summed E-state index contributed by atoms with van der Waals surface area (Å²) in [6, 6.07) is 7.06. The van der Waals surface area contributed by atoms with Crippen LogP contribution in [0.15, 0.2) is 51.8 Å². The van der Waals surface area contributed by atoms with Crippen molar-refractivity contribution in [3.63, 3.8) is 0 Å². The van der Waals surface area contributed by atoms with Gasteiger partial charge in [0.2, 0.25) is 5.82 Å². The Morgan fingerprint density at radius 3 is 2.55 bits per heavy atom. The fourth-order valence-corrected chi connectivity index (χ4v) is 5.84. The number of carboxylic acids is 1. The van der Waals surface area contributed by atoms with Crippen LogP contribution in [0.4, 0.5) is 6.01 Å². The molecule has 192 valence electrons. The summed E-state index contributed by atoms with van der Waals surface area (Å²) in [5.41, 5.74) is 6.15. The third-order valence-electron chi connectivity index (χ3n) is 8.06. The minimum atomic E-state index is -0.983. The largest absolute Gasteiger partial charge is 0.478 e. The Balaban J connectivity index is 1.07. The molecule has 0 bridgehead atoms. The minimum Gasteiger partial charge on any atom is -0.478 e. The van der Waals surface area contributed by atoms with Crippen LogP contribution in [0.2, 0.25) is 0 Å². The van der Waals surface area contributed by atoms with Crippen molar-refractivity contribution < 1.29 is 18.9 Å². The van der Waals surface area contributed by atoms with Crippen molar-refractivity contribution in [2.24, 2.45) is 17.8 Å². The van der Waals surface area contributed by atoms with Gasteiger partial charge in [0, 0.05) is 48.1 Å². The summed E-state index contributed by atoms with van der Waals surface area (Å²) in [7, 11) is 0. The van der Waals surface area contributed by atoms with E-state index in [1.807, 2.05) is 12.4 Å². The summed E-state index contributed by atoms with van der Waals surface area (Å²) in [5.74, 6) is 2.45. The molecule has 1 N–H and O–H groups in total. The number of rotatable bonds is 7. The molecule has 0 spiro atoms. The molecular weight excluding hydrogens is 482 g/mol. The number of pyridine rings is 1. The predicted molar refractivity (Wildman–Crippen MR) is 140 cm³/mol. The Hall–Kier alpha value is -4.27. The van der Waals surface area contributed by atoms with E-state index < -0.39 is 5.97 Å². The maximum absolute atomic E-state index is 11.3. The molecule has 9 nitrogen and oxygen atoms in total. The van der Waals surface area contributed by atoms with Crippen LogP contribution in [0.25, 0.3) is 28.7 Å². The number of hydrogen-bond donors (Lipinski definition) is 1. The highest BCUT2D eigenvalue weighted by Gasteiger charge is 2.55. The second-order valence-electron chi connectivity index (χ2n) is 10.7. The van der Waals surface area contributed by atoms with E-state index in [2.05, 4.69) is 51.2 Å². The number of aromatic carboxylic acids is 1. The molecule has 4 heterocycles. The van der Waals surface area contributed by atoms with Crippen molar-refractivity contribution in [2.75, 3.05) is 18.0 Å². The zero-order chi connectivity index (χ0) is 26.0. The summed E-state index contributed by atoms with van der Waals surface area (Å²) >= 11 is 0. The molecule has 2 saturated carbocycles. The van der Waals surface area contributed by atoms with Crippen LogP contribution in [-0.4, -0.2) is 44.4 Å². The normalized spacial score (nSPS) is 22.3. The SMILES string of the molecule is Cc1cncc(C)c1-c1noc(C2CC2)c1/C=C/C1C2CN(c3nc(-c4cccc(C(=O)O)c4)no3)CC12. The number of anilines is 1. The number of nitrogens with zero attached hydrogens (tertiary/aromatic N) is 5. The van der Waals surface area contributed by atoms with Gasteiger partial charge in [-0.15, -0.1) is 0 Å². The Morgan fingerprint density at radius 2 is 1.84 bits per heavy atom. The highest BCUT2D eigenvalue weighted by atomic mass is 16.5. The van der Waals surface area contributed by atoms with Gasteiger partial charge in [-0.25, -0.2) is 4.79 Å². The number of benzene rings is 1. The molecule has 9 heteroatoms. The van der Waals surface area contributed by atoms with Gasteiger partial charge in [-0.05, 0) is 67.7 Å². The van der Waals surface area contributed by atoms with E-state index >= 15 is 0 Å². The fourth-order valence-electron chi connectivity index (χ4n) is 5.84. The van der Waals surface area contributed by atoms with Gasteiger partial charge in [0.15, 0.2) is 0 Å². The number of aromatic nitrogens is 4. The van der Waals surface area contributed by atoms with Crippen molar-refractivity contribution in [3.05, 3.63) is 70.7 Å². The molecule has 0 radical (unpaired) electrons. The van der Waals surface area contributed by atoms with Gasteiger partial charge in [-0.1, -0.05) is 34.6 Å². The first-order valence-electron chi connectivity index (χ1n) is 13.0. The molecule has 1 saturated heterocycles. The Bertz CT molecular complexity index is 1550. The molecule has 1 aliphatic heterocycles. The maximum atomic E-state index is 11.3. The van der Waals surface area contributed by atoms with Gasteiger partial charge in [-0.2, -0.15) is 4.98 Å². The van der Waals surface area contributed by atoms with Crippen LogP contribution in [-0.2, 0) is 0 Å². The van der Waals surface area contributed by atoms with Crippen molar-refractivity contribution in [1.82, 2.24) is 20.3 Å². The number of allylic oxidation sites excluding steroid dienone is 1. The van der Waals surface area contributed by atoms with Crippen LogP contribution in [0.1, 0.15) is 51.6 Å². The quantitative estimate of drug-likeness (QED) is 0.350. The number of carbonyl (C=O) groups is 1. The third kappa shape index (κ3) is 3.89. The number of aryl methyl sites for hydroxylation is 2. The molecule has 2 aliphatic carbocycles. The van der Waals surface area contributed by atoms with Crippen molar-refractivity contribution in [3.8, 4) is 22.6 Å². The van der Waals surface area contributed by atoms with Crippen LogP contribution in [0, 0.1) is 31.6 Å². The van der Waals surface area contributed by atoms with E-state index in [1.54, 1.807) is 24.3 Å². The number of carboxylic acid groups (broad SMARTS) is 1. The van der Waals surface area contributed by atoms with Crippen molar-refractivity contribution >= 4 is 18.1 Å². The van der Waals surface area contributed by atoms with E-state index in [4.69, 9.17) is 9.05 Å².